The summed E-state index contributed by atoms with van der Waals surface area (Å²) in [4.78, 5) is 27.8. The number of carbonyl (C=O) groups is 2. The molecule has 1 N–H and O–H groups in total. The summed E-state index contributed by atoms with van der Waals surface area (Å²) in [6, 6.07) is 23.0. The van der Waals surface area contributed by atoms with E-state index in [0.717, 1.165) is 27.9 Å². The van der Waals surface area contributed by atoms with Crippen molar-refractivity contribution in [3.05, 3.63) is 101 Å². The van der Waals surface area contributed by atoms with Crippen molar-refractivity contribution in [2.24, 2.45) is 0 Å². The molecule has 140 valence electrons. The molecule has 1 aliphatic heterocycles. The van der Waals surface area contributed by atoms with E-state index in [4.69, 9.17) is 0 Å². The van der Waals surface area contributed by atoms with Crippen LogP contribution >= 0.6 is 0 Å². The predicted octanol–water partition coefficient (Wildman–Crippen LogP) is 4.49. The molecule has 3 aromatic rings. The predicted molar refractivity (Wildman–Crippen MR) is 110 cm³/mol. The third-order valence-electron chi connectivity index (χ3n) is 5.04. The van der Waals surface area contributed by atoms with Gasteiger partial charge in [0, 0.05) is 16.8 Å². The van der Waals surface area contributed by atoms with Gasteiger partial charge in [0.05, 0.1) is 6.04 Å². The molecule has 4 rings (SSSR count). The van der Waals surface area contributed by atoms with Gasteiger partial charge < -0.3 is 10.2 Å². The molecule has 1 atom stereocenters. The van der Waals surface area contributed by atoms with Crippen molar-refractivity contribution in [1.82, 2.24) is 4.90 Å². The van der Waals surface area contributed by atoms with Gasteiger partial charge in [-0.1, -0.05) is 65.7 Å². The highest BCUT2D eigenvalue weighted by atomic mass is 16.2. The fourth-order valence-corrected chi connectivity index (χ4v) is 3.75. The number of nitrogens with one attached hydrogen (secondary N) is 1. The molecule has 1 aliphatic rings. The number of carbonyl (C=O) groups excluding carboxylic acids is 2. The summed E-state index contributed by atoms with van der Waals surface area (Å²) < 4.78 is 0. The molecular weight excluding hydrogens is 348 g/mol. The molecule has 28 heavy (non-hydrogen) atoms. The first kappa shape index (κ1) is 18.0. The summed E-state index contributed by atoms with van der Waals surface area (Å²) in [5.74, 6) is -0.341. The molecular formula is C24H22N2O2. The van der Waals surface area contributed by atoms with Crippen molar-refractivity contribution in [1.29, 1.82) is 0 Å². The maximum atomic E-state index is 13.5. The highest BCUT2D eigenvalue weighted by Gasteiger charge is 2.33. The van der Waals surface area contributed by atoms with Crippen molar-refractivity contribution in [3.63, 3.8) is 0 Å². The van der Waals surface area contributed by atoms with Crippen molar-refractivity contribution in [2.75, 3.05) is 11.9 Å². The first-order valence-corrected chi connectivity index (χ1v) is 9.36. The van der Waals surface area contributed by atoms with E-state index >= 15 is 0 Å². The maximum absolute atomic E-state index is 13.5. The Morgan fingerprint density at radius 1 is 0.929 bits per heavy atom. The Labute approximate surface area is 164 Å². The third kappa shape index (κ3) is 3.41. The van der Waals surface area contributed by atoms with Gasteiger partial charge in [-0.3, -0.25) is 9.59 Å². The number of rotatable bonds is 2. The second-order valence-electron chi connectivity index (χ2n) is 7.25. The molecule has 0 aromatic heterocycles. The fourth-order valence-electron chi connectivity index (χ4n) is 3.75. The van der Waals surface area contributed by atoms with Crippen LogP contribution in [-0.2, 0) is 4.79 Å². The van der Waals surface area contributed by atoms with Crippen LogP contribution < -0.4 is 5.32 Å². The Morgan fingerprint density at radius 3 is 2.43 bits per heavy atom. The molecule has 1 unspecified atom stereocenters. The largest absolute Gasteiger partial charge is 0.324 e. The number of amides is 2. The van der Waals surface area contributed by atoms with Crippen LogP contribution in [-0.4, -0.2) is 23.3 Å². The molecule has 0 spiro atoms. The summed E-state index contributed by atoms with van der Waals surface area (Å²) in [6.45, 7) is 3.97. The minimum Gasteiger partial charge on any atom is -0.324 e. The normalized spacial score (nSPS) is 16.1. The minimum atomic E-state index is -0.344. The van der Waals surface area contributed by atoms with Crippen LogP contribution in [0, 0.1) is 13.8 Å². The number of anilines is 1. The monoisotopic (exact) mass is 370 g/mol. The van der Waals surface area contributed by atoms with Gasteiger partial charge in [-0.25, -0.2) is 0 Å². The van der Waals surface area contributed by atoms with Gasteiger partial charge in [0.15, 0.2) is 0 Å². The van der Waals surface area contributed by atoms with Crippen molar-refractivity contribution in [3.8, 4) is 0 Å². The minimum absolute atomic E-state index is 0.0000633. The van der Waals surface area contributed by atoms with Crippen LogP contribution in [0.1, 0.15) is 38.7 Å². The fraction of sp³-hybridized carbons (Fsp3) is 0.167. The Kier molecular flexibility index (Phi) is 4.70. The van der Waals surface area contributed by atoms with Crippen molar-refractivity contribution in [2.45, 2.75) is 19.9 Å². The van der Waals surface area contributed by atoms with E-state index in [-0.39, 0.29) is 24.4 Å². The standard InChI is InChI=1S/C24H22N2O2/c1-16-7-6-10-19(13-16)24(28)26-15-22(27)25-21-12-11-17(2)14-20(21)23(26)18-8-4-3-5-9-18/h3-14,23H,15H2,1-2H3,(H,25,27). The van der Waals surface area contributed by atoms with E-state index in [1.807, 2.05) is 74.5 Å². The van der Waals surface area contributed by atoms with Crippen LogP contribution in [0.2, 0.25) is 0 Å². The molecule has 0 aliphatic carbocycles. The zero-order chi connectivity index (χ0) is 19.7. The number of benzene rings is 3. The Hall–Kier alpha value is -3.40. The van der Waals surface area contributed by atoms with E-state index in [2.05, 4.69) is 11.4 Å². The zero-order valence-corrected chi connectivity index (χ0v) is 16.0. The van der Waals surface area contributed by atoms with Crippen molar-refractivity contribution < 1.29 is 9.59 Å². The van der Waals surface area contributed by atoms with Gasteiger partial charge in [0.2, 0.25) is 5.91 Å². The SMILES string of the molecule is Cc1cccc(C(=O)N2CC(=O)Nc3ccc(C)cc3C2c2ccccc2)c1. The summed E-state index contributed by atoms with van der Waals surface area (Å²) >= 11 is 0. The van der Waals surface area contributed by atoms with Gasteiger partial charge in [-0.15, -0.1) is 0 Å². The molecule has 0 radical (unpaired) electrons. The second kappa shape index (κ2) is 7.31. The summed E-state index contributed by atoms with van der Waals surface area (Å²) in [5.41, 5.74) is 5.34. The Bertz CT molecular complexity index is 1040. The van der Waals surface area contributed by atoms with Crippen LogP contribution in [0.5, 0.6) is 0 Å². The highest BCUT2D eigenvalue weighted by Crippen LogP contribution is 2.37. The molecule has 0 saturated heterocycles. The van der Waals surface area contributed by atoms with Crippen LogP contribution in [0.15, 0.2) is 72.8 Å². The van der Waals surface area contributed by atoms with E-state index in [1.165, 1.54) is 0 Å². The van der Waals surface area contributed by atoms with E-state index in [0.29, 0.717) is 5.56 Å². The maximum Gasteiger partial charge on any atom is 0.255 e. The smallest absolute Gasteiger partial charge is 0.255 e. The summed E-state index contributed by atoms with van der Waals surface area (Å²) in [6.07, 6.45) is 0. The first-order valence-electron chi connectivity index (χ1n) is 9.36. The third-order valence-corrected chi connectivity index (χ3v) is 5.04. The molecule has 3 aromatic carbocycles. The van der Waals surface area contributed by atoms with Gasteiger partial charge in [-0.05, 0) is 37.6 Å². The Morgan fingerprint density at radius 2 is 1.68 bits per heavy atom. The zero-order valence-electron chi connectivity index (χ0n) is 16.0. The molecule has 4 nitrogen and oxygen atoms in total. The lowest BCUT2D eigenvalue weighted by molar-refractivity contribution is -0.117. The number of hydrogen-bond donors (Lipinski definition) is 1. The van der Waals surface area contributed by atoms with Crippen molar-refractivity contribution >= 4 is 17.5 Å². The van der Waals surface area contributed by atoms with Crippen LogP contribution in [0.25, 0.3) is 0 Å². The molecule has 1 heterocycles. The Balaban J connectivity index is 1.89. The van der Waals surface area contributed by atoms with E-state index in [1.54, 1.807) is 11.0 Å². The molecule has 0 bridgehead atoms. The lowest BCUT2D eigenvalue weighted by Crippen LogP contribution is -2.39. The lowest BCUT2D eigenvalue weighted by atomic mass is 9.94. The molecule has 0 fully saturated rings. The first-order chi connectivity index (χ1) is 13.5. The molecule has 2 amide bonds. The molecule has 0 saturated carbocycles. The van der Waals surface area contributed by atoms with Gasteiger partial charge in [-0.2, -0.15) is 0 Å². The van der Waals surface area contributed by atoms with Gasteiger partial charge >= 0.3 is 0 Å². The van der Waals surface area contributed by atoms with Gasteiger partial charge in [0.25, 0.3) is 5.91 Å². The summed E-state index contributed by atoms with van der Waals surface area (Å²) in [5, 5.41) is 2.96. The average molecular weight is 370 g/mol. The number of nitrogens with zero attached hydrogens (tertiary/aromatic N) is 1. The van der Waals surface area contributed by atoms with Crippen LogP contribution in [0.3, 0.4) is 0 Å². The quantitative estimate of drug-likeness (QED) is 0.723. The van der Waals surface area contributed by atoms with Crippen LogP contribution in [0.4, 0.5) is 5.69 Å². The topological polar surface area (TPSA) is 49.4 Å². The number of hydrogen-bond acceptors (Lipinski definition) is 2. The average Bonchev–Trinajstić information content (AvgIpc) is 2.83. The lowest BCUT2D eigenvalue weighted by Gasteiger charge is -2.31. The second-order valence-corrected chi connectivity index (χ2v) is 7.25. The highest BCUT2D eigenvalue weighted by molar-refractivity contribution is 6.01. The van der Waals surface area contributed by atoms with Gasteiger partial charge in [0.1, 0.15) is 6.54 Å². The number of aryl methyl sites for hydroxylation is 2. The summed E-state index contributed by atoms with van der Waals surface area (Å²) in [7, 11) is 0. The number of fused-ring (bicyclic) bond motifs is 1. The van der Waals surface area contributed by atoms with E-state index in [9.17, 15) is 9.59 Å². The van der Waals surface area contributed by atoms with E-state index < -0.39 is 0 Å². The molecule has 4 heteroatoms.